The topological polar surface area (TPSA) is 82.2 Å². The molecule has 0 spiro atoms. The number of hydrogen-bond acceptors (Lipinski definition) is 3. The van der Waals surface area contributed by atoms with Crippen molar-refractivity contribution in [3.8, 4) is 0 Å². The number of aromatic nitrogens is 1. The summed E-state index contributed by atoms with van der Waals surface area (Å²) in [7, 11) is 0. The molecule has 92 valence electrons. The van der Waals surface area contributed by atoms with Crippen LogP contribution >= 0.6 is 0 Å². The smallest absolute Gasteiger partial charge is 0.307 e. The molecule has 5 heteroatoms. The summed E-state index contributed by atoms with van der Waals surface area (Å²) in [6.45, 7) is 0. The number of rotatable bonds is 4. The molecule has 1 aromatic carbocycles. The van der Waals surface area contributed by atoms with Crippen LogP contribution in [-0.2, 0) is 11.2 Å². The largest absolute Gasteiger partial charge is 0.481 e. The molecule has 3 N–H and O–H groups in total. The van der Waals surface area contributed by atoms with E-state index in [1.165, 1.54) is 12.1 Å². The average molecular weight is 244 g/mol. The number of benzene rings is 1. The number of anilines is 2. The van der Waals surface area contributed by atoms with Crippen LogP contribution in [0, 0.1) is 0 Å². The molecule has 1 aromatic heterocycles. The summed E-state index contributed by atoms with van der Waals surface area (Å²) in [5.41, 5.74) is 1.33. The maximum Gasteiger partial charge on any atom is 0.307 e. The van der Waals surface area contributed by atoms with E-state index >= 15 is 0 Å². The number of nitrogens with one attached hydrogen (secondary N) is 2. The number of aromatic amines is 1. The SMILES string of the molecule is O=C(O)Cc1cccc(Nc2cc(=O)cc[nH]2)c1. The third-order valence-electron chi connectivity index (χ3n) is 2.33. The number of H-pyrrole nitrogens is 1. The molecule has 18 heavy (non-hydrogen) atoms. The Labute approximate surface area is 103 Å². The number of carboxylic acids is 1. The lowest BCUT2D eigenvalue weighted by Gasteiger charge is -2.07. The maximum absolute atomic E-state index is 11.2. The second-order valence-electron chi connectivity index (χ2n) is 3.83. The van der Waals surface area contributed by atoms with Gasteiger partial charge in [-0.3, -0.25) is 9.59 Å². The lowest BCUT2D eigenvalue weighted by atomic mass is 10.1. The minimum absolute atomic E-state index is 0.0270. The third-order valence-corrected chi connectivity index (χ3v) is 2.33. The first-order valence-electron chi connectivity index (χ1n) is 5.40. The minimum atomic E-state index is -0.875. The summed E-state index contributed by atoms with van der Waals surface area (Å²) in [6, 6.07) is 9.90. The van der Waals surface area contributed by atoms with Gasteiger partial charge in [0.05, 0.1) is 6.42 Å². The Morgan fingerprint density at radius 3 is 2.83 bits per heavy atom. The molecule has 0 radical (unpaired) electrons. The molecule has 0 fully saturated rings. The van der Waals surface area contributed by atoms with Gasteiger partial charge in [-0.15, -0.1) is 0 Å². The Balaban J connectivity index is 2.19. The van der Waals surface area contributed by atoms with Crippen LogP contribution in [0.5, 0.6) is 0 Å². The van der Waals surface area contributed by atoms with E-state index in [0.29, 0.717) is 11.4 Å². The van der Waals surface area contributed by atoms with Crippen LogP contribution in [0.15, 0.2) is 47.4 Å². The molecule has 0 aliphatic heterocycles. The van der Waals surface area contributed by atoms with E-state index in [0.717, 1.165) is 5.69 Å². The Morgan fingerprint density at radius 1 is 1.28 bits per heavy atom. The molecular formula is C13H12N2O3. The maximum atomic E-state index is 11.2. The van der Waals surface area contributed by atoms with Gasteiger partial charge in [0.15, 0.2) is 5.43 Å². The van der Waals surface area contributed by atoms with Crippen LogP contribution in [0.4, 0.5) is 11.5 Å². The molecule has 2 aromatic rings. The average Bonchev–Trinajstić information content (AvgIpc) is 2.28. The van der Waals surface area contributed by atoms with Crippen LogP contribution in [-0.4, -0.2) is 16.1 Å². The zero-order valence-electron chi connectivity index (χ0n) is 9.51. The van der Waals surface area contributed by atoms with Gasteiger partial charge in [-0.2, -0.15) is 0 Å². The summed E-state index contributed by atoms with van der Waals surface area (Å²) < 4.78 is 0. The zero-order chi connectivity index (χ0) is 13.0. The lowest BCUT2D eigenvalue weighted by Crippen LogP contribution is -2.03. The van der Waals surface area contributed by atoms with Crippen LogP contribution in [0.25, 0.3) is 0 Å². The van der Waals surface area contributed by atoms with Crippen molar-refractivity contribution in [2.45, 2.75) is 6.42 Å². The zero-order valence-corrected chi connectivity index (χ0v) is 9.51. The van der Waals surface area contributed by atoms with Crippen molar-refractivity contribution < 1.29 is 9.90 Å². The van der Waals surface area contributed by atoms with Gasteiger partial charge in [-0.25, -0.2) is 0 Å². The van der Waals surface area contributed by atoms with Gasteiger partial charge >= 0.3 is 5.97 Å². The van der Waals surface area contributed by atoms with Gasteiger partial charge in [0.2, 0.25) is 0 Å². The van der Waals surface area contributed by atoms with Gasteiger partial charge in [-0.1, -0.05) is 12.1 Å². The molecule has 0 saturated carbocycles. The van der Waals surface area contributed by atoms with E-state index in [1.807, 2.05) is 0 Å². The standard InChI is InChI=1S/C13H12N2O3/c16-11-4-5-14-12(8-11)15-10-3-1-2-9(6-10)7-13(17)18/h1-6,8H,7H2,(H,17,18)(H2,14,15,16). The lowest BCUT2D eigenvalue weighted by molar-refractivity contribution is -0.136. The van der Waals surface area contributed by atoms with Crippen molar-refractivity contribution in [1.82, 2.24) is 4.98 Å². The summed E-state index contributed by atoms with van der Waals surface area (Å²) in [6.07, 6.45) is 1.52. The minimum Gasteiger partial charge on any atom is -0.481 e. The Morgan fingerprint density at radius 2 is 2.11 bits per heavy atom. The van der Waals surface area contributed by atoms with Crippen LogP contribution in [0.1, 0.15) is 5.56 Å². The molecule has 0 atom stereocenters. The molecule has 5 nitrogen and oxygen atoms in total. The summed E-state index contributed by atoms with van der Waals surface area (Å²) >= 11 is 0. The van der Waals surface area contributed by atoms with Gasteiger partial charge in [0.25, 0.3) is 0 Å². The van der Waals surface area contributed by atoms with Crippen molar-refractivity contribution in [2.75, 3.05) is 5.32 Å². The van der Waals surface area contributed by atoms with Crippen molar-refractivity contribution in [1.29, 1.82) is 0 Å². The molecule has 1 heterocycles. The van der Waals surface area contributed by atoms with E-state index in [2.05, 4.69) is 10.3 Å². The van der Waals surface area contributed by atoms with Gasteiger partial charge in [0.1, 0.15) is 5.82 Å². The molecule has 0 bridgehead atoms. The van der Waals surface area contributed by atoms with Gasteiger partial charge in [-0.05, 0) is 17.7 Å². The highest BCUT2D eigenvalue weighted by atomic mass is 16.4. The molecule has 0 amide bonds. The Kier molecular flexibility index (Phi) is 3.43. The van der Waals surface area contributed by atoms with E-state index in [1.54, 1.807) is 30.5 Å². The van der Waals surface area contributed by atoms with Crippen molar-refractivity contribution in [3.63, 3.8) is 0 Å². The van der Waals surface area contributed by atoms with Crippen molar-refractivity contribution in [3.05, 3.63) is 58.4 Å². The number of carboxylic acid groups (broad SMARTS) is 1. The van der Waals surface area contributed by atoms with Crippen molar-refractivity contribution in [2.24, 2.45) is 0 Å². The van der Waals surface area contributed by atoms with Gasteiger partial charge in [0, 0.05) is 24.0 Å². The Bertz CT molecular complexity index is 619. The van der Waals surface area contributed by atoms with E-state index in [-0.39, 0.29) is 11.8 Å². The van der Waals surface area contributed by atoms with E-state index in [9.17, 15) is 9.59 Å². The van der Waals surface area contributed by atoms with E-state index < -0.39 is 5.97 Å². The molecule has 0 aliphatic carbocycles. The molecular weight excluding hydrogens is 232 g/mol. The molecule has 0 aliphatic rings. The molecule has 2 rings (SSSR count). The van der Waals surface area contributed by atoms with E-state index in [4.69, 9.17) is 5.11 Å². The first-order valence-corrected chi connectivity index (χ1v) is 5.40. The van der Waals surface area contributed by atoms with Gasteiger partial charge < -0.3 is 15.4 Å². The predicted molar refractivity (Wildman–Crippen MR) is 68.1 cm³/mol. The van der Waals surface area contributed by atoms with Crippen LogP contribution in [0.2, 0.25) is 0 Å². The molecule has 0 unspecified atom stereocenters. The second kappa shape index (κ2) is 5.18. The summed E-state index contributed by atoms with van der Waals surface area (Å²) in [5, 5.41) is 11.7. The normalized spacial score (nSPS) is 10.0. The predicted octanol–water partition coefficient (Wildman–Crippen LogP) is 1.75. The number of pyridine rings is 1. The fourth-order valence-corrected chi connectivity index (χ4v) is 1.61. The highest BCUT2D eigenvalue weighted by Crippen LogP contribution is 2.15. The molecule has 0 saturated heterocycles. The second-order valence-corrected chi connectivity index (χ2v) is 3.83. The monoisotopic (exact) mass is 244 g/mol. The first-order chi connectivity index (χ1) is 8.63. The number of aliphatic carboxylic acids is 1. The third kappa shape index (κ3) is 3.21. The highest BCUT2D eigenvalue weighted by Gasteiger charge is 2.02. The fraction of sp³-hybridized carbons (Fsp3) is 0.0769. The first kappa shape index (κ1) is 11.9. The highest BCUT2D eigenvalue weighted by molar-refractivity contribution is 5.71. The summed E-state index contributed by atoms with van der Waals surface area (Å²) in [5.74, 6) is -0.310. The summed E-state index contributed by atoms with van der Waals surface area (Å²) in [4.78, 5) is 24.7. The fourth-order valence-electron chi connectivity index (χ4n) is 1.61. The van der Waals surface area contributed by atoms with Crippen LogP contribution < -0.4 is 10.7 Å². The number of carbonyl (C=O) groups is 1. The quantitative estimate of drug-likeness (QED) is 0.765. The number of hydrogen-bond donors (Lipinski definition) is 3. The van der Waals surface area contributed by atoms with Crippen molar-refractivity contribution >= 4 is 17.5 Å². The Hall–Kier alpha value is -2.56. The van der Waals surface area contributed by atoms with Crippen LogP contribution in [0.3, 0.4) is 0 Å².